The van der Waals surface area contributed by atoms with Crippen molar-refractivity contribution in [3.63, 3.8) is 0 Å². The molecule has 2 aromatic rings. The maximum Gasteiger partial charge on any atom is 0.242 e. The number of para-hydroxylation sites is 1. The highest BCUT2D eigenvalue weighted by atomic mass is 35.5. The van der Waals surface area contributed by atoms with Crippen molar-refractivity contribution in [1.29, 1.82) is 0 Å². The van der Waals surface area contributed by atoms with Gasteiger partial charge in [0.25, 0.3) is 0 Å². The smallest absolute Gasteiger partial charge is 0.242 e. The molecule has 2 fully saturated rings. The van der Waals surface area contributed by atoms with Crippen molar-refractivity contribution in [2.75, 3.05) is 50.2 Å². The maximum atomic E-state index is 12.7. The molecule has 1 saturated carbocycles. The van der Waals surface area contributed by atoms with Crippen LogP contribution >= 0.6 is 11.6 Å². The minimum absolute atomic E-state index is 0.0747. The summed E-state index contributed by atoms with van der Waals surface area (Å²) in [6, 6.07) is 6.59. The molecule has 1 aliphatic carbocycles. The van der Waals surface area contributed by atoms with Crippen LogP contribution in [-0.2, 0) is 19.5 Å². The third kappa shape index (κ3) is 4.68. The summed E-state index contributed by atoms with van der Waals surface area (Å²) in [5.41, 5.74) is 0.297. The molecule has 0 unspecified atom stereocenters. The van der Waals surface area contributed by atoms with Gasteiger partial charge in [0.1, 0.15) is 9.92 Å². The van der Waals surface area contributed by atoms with Crippen molar-refractivity contribution in [2.45, 2.75) is 23.3 Å². The van der Waals surface area contributed by atoms with Gasteiger partial charge in [-0.2, -0.15) is 4.98 Å². The highest BCUT2D eigenvalue weighted by Crippen LogP contribution is 2.43. The molecule has 2 N–H and O–H groups in total. The molecule has 2 heterocycles. The first-order valence-electron chi connectivity index (χ1n) is 9.69. The number of anilines is 3. The summed E-state index contributed by atoms with van der Waals surface area (Å²) in [7, 11) is -2.22. The van der Waals surface area contributed by atoms with Crippen LogP contribution in [0, 0.1) is 0 Å². The molecular formula is C19H24ClN5O4S. The van der Waals surface area contributed by atoms with Gasteiger partial charge in [-0.1, -0.05) is 23.7 Å². The van der Waals surface area contributed by atoms with Crippen LogP contribution in [0.4, 0.5) is 17.5 Å². The lowest BCUT2D eigenvalue weighted by atomic mass is 10.2. The van der Waals surface area contributed by atoms with Crippen molar-refractivity contribution in [2.24, 2.45) is 0 Å². The highest BCUT2D eigenvalue weighted by molar-refractivity contribution is 7.89. The summed E-state index contributed by atoms with van der Waals surface area (Å²) in [5, 5.41) is 3.47. The number of halogens is 1. The molecule has 0 radical (unpaired) electrons. The van der Waals surface area contributed by atoms with E-state index in [0.717, 1.165) is 19.4 Å². The number of rotatable bonds is 8. The second-order valence-electron chi connectivity index (χ2n) is 7.33. The van der Waals surface area contributed by atoms with E-state index < -0.39 is 10.0 Å². The summed E-state index contributed by atoms with van der Waals surface area (Å²) in [6.45, 7) is 2.49. The zero-order valence-corrected chi connectivity index (χ0v) is 18.2. The quantitative estimate of drug-likeness (QED) is 0.586. The monoisotopic (exact) mass is 453 g/mol. The van der Waals surface area contributed by atoms with Crippen molar-refractivity contribution in [1.82, 2.24) is 14.7 Å². The lowest BCUT2D eigenvalue weighted by Gasteiger charge is -2.34. The molecule has 1 aromatic carbocycles. The van der Waals surface area contributed by atoms with Gasteiger partial charge in [0.05, 0.1) is 30.7 Å². The van der Waals surface area contributed by atoms with Gasteiger partial charge in [-0.15, -0.1) is 0 Å². The Morgan fingerprint density at radius 3 is 2.90 bits per heavy atom. The largest absolute Gasteiger partial charge is 0.383 e. The van der Waals surface area contributed by atoms with Crippen LogP contribution in [0.2, 0.25) is 5.02 Å². The van der Waals surface area contributed by atoms with Gasteiger partial charge in [0, 0.05) is 26.7 Å². The predicted molar refractivity (Wildman–Crippen MR) is 114 cm³/mol. The first kappa shape index (κ1) is 21.3. The number of sulfonamides is 1. The Hall–Kier alpha value is -1.98. The van der Waals surface area contributed by atoms with E-state index in [1.165, 1.54) is 19.4 Å². The molecule has 162 valence electrons. The van der Waals surface area contributed by atoms with Gasteiger partial charge >= 0.3 is 0 Å². The first-order chi connectivity index (χ1) is 14.4. The number of morpholine rings is 1. The molecule has 30 heavy (non-hydrogen) atoms. The number of hydrogen-bond acceptors (Lipinski definition) is 8. The second kappa shape index (κ2) is 8.64. The van der Waals surface area contributed by atoms with E-state index in [0.29, 0.717) is 29.7 Å². The summed E-state index contributed by atoms with van der Waals surface area (Å²) in [4.78, 5) is 11.0. The minimum Gasteiger partial charge on any atom is -0.383 e. The van der Waals surface area contributed by atoms with Gasteiger partial charge < -0.3 is 19.7 Å². The lowest BCUT2D eigenvalue weighted by molar-refractivity contribution is 0.0204. The van der Waals surface area contributed by atoms with Crippen LogP contribution in [0.25, 0.3) is 0 Å². The van der Waals surface area contributed by atoms with Gasteiger partial charge in [-0.25, -0.2) is 18.1 Å². The Kier molecular flexibility index (Phi) is 6.12. The number of nitrogens with one attached hydrogen (secondary N) is 2. The van der Waals surface area contributed by atoms with E-state index in [4.69, 9.17) is 21.1 Å². The minimum atomic E-state index is -3.73. The summed E-state index contributed by atoms with van der Waals surface area (Å²) in [6.07, 6.45) is 3.60. The van der Waals surface area contributed by atoms with Gasteiger partial charge in [0.2, 0.25) is 16.0 Å². The zero-order chi connectivity index (χ0) is 21.2. The van der Waals surface area contributed by atoms with E-state index in [1.807, 2.05) is 0 Å². The van der Waals surface area contributed by atoms with E-state index in [9.17, 15) is 8.42 Å². The number of hydrogen-bond donors (Lipinski definition) is 2. The molecule has 2 aliphatic rings. The molecule has 4 rings (SSSR count). The van der Waals surface area contributed by atoms with Crippen LogP contribution in [-0.4, -0.2) is 63.9 Å². The van der Waals surface area contributed by atoms with Crippen LogP contribution < -0.4 is 14.9 Å². The van der Waals surface area contributed by atoms with Gasteiger partial charge in [-0.3, -0.25) is 0 Å². The molecule has 9 nitrogen and oxygen atoms in total. The van der Waals surface area contributed by atoms with Gasteiger partial charge in [0.15, 0.2) is 5.82 Å². The topological polar surface area (TPSA) is 106 Å². The Bertz CT molecular complexity index is 1020. The van der Waals surface area contributed by atoms with E-state index in [1.54, 1.807) is 18.2 Å². The molecule has 0 atom stereocenters. The number of methoxy groups -OCH3 is 1. The first-order valence-corrected chi connectivity index (χ1v) is 11.5. The molecule has 1 aliphatic heterocycles. The fraction of sp³-hybridized carbons (Fsp3) is 0.474. The SMILES string of the molecule is COCCNS(=O)(=O)c1ccccc1Nc1ncc(Cl)c(N2CCOC3(CC3)C2)n1. The third-order valence-electron chi connectivity index (χ3n) is 5.10. The zero-order valence-electron chi connectivity index (χ0n) is 16.6. The molecule has 1 spiro atoms. The summed E-state index contributed by atoms with van der Waals surface area (Å²) >= 11 is 6.37. The van der Waals surface area contributed by atoms with Crippen molar-refractivity contribution in [3.8, 4) is 0 Å². The van der Waals surface area contributed by atoms with Crippen molar-refractivity contribution >= 4 is 39.1 Å². The average molecular weight is 454 g/mol. The Morgan fingerprint density at radius 1 is 1.33 bits per heavy atom. The van der Waals surface area contributed by atoms with Crippen molar-refractivity contribution < 1.29 is 17.9 Å². The van der Waals surface area contributed by atoms with Crippen molar-refractivity contribution in [3.05, 3.63) is 35.5 Å². The number of nitrogens with zero attached hydrogens (tertiary/aromatic N) is 3. The molecule has 0 amide bonds. The average Bonchev–Trinajstić information content (AvgIpc) is 3.48. The third-order valence-corrected chi connectivity index (χ3v) is 6.89. The normalized spacial score (nSPS) is 17.9. The molecule has 11 heteroatoms. The maximum absolute atomic E-state index is 12.7. The van der Waals surface area contributed by atoms with Crippen LogP contribution in [0.1, 0.15) is 12.8 Å². The van der Waals surface area contributed by atoms with E-state index >= 15 is 0 Å². The van der Waals surface area contributed by atoms with E-state index in [-0.39, 0.29) is 29.6 Å². The Morgan fingerprint density at radius 2 is 2.13 bits per heavy atom. The standard InChI is InChI=1S/C19H24ClN5O4S/c1-28-10-8-22-30(26,27)16-5-3-2-4-15(16)23-18-21-12-14(20)17(24-18)25-9-11-29-19(13-25)6-7-19/h2-5,12,22H,6-11,13H2,1H3,(H,21,23,24). The summed E-state index contributed by atoms with van der Waals surface area (Å²) < 4.78 is 38.6. The van der Waals surface area contributed by atoms with E-state index in [2.05, 4.69) is 24.9 Å². The Balaban J connectivity index is 1.57. The fourth-order valence-corrected chi connectivity index (χ4v) is 4.77. The van der Waals surface area contributed by atoms with Crippen LogP contribution in [0.3, 0.4) is 0 Å². The van der Waals surface area contributed by atoms with Crippen LogP contribution in [0.15, 0.2) is 35.4 Å². The Labute approximate surface area is 180 Å². The highest BCUT2D eigenvalue weighted by Gasteiger charge is 2.48. The predicted octanol–water partition coefficient (Wildman–Crippen LogP) is 2.17. The molecule has 1 saturated heterocycles. The molecule has 0 bridgehead atoms. The lowest BCUT2D eigenvalue weighted by Crippen LogP contribution is -2.44. The second-order valence-corrected chi connectivity index (χ2v) is 9.47. The summed E-state index contributed by atoms with van der Waals surface area (Å²) in [5.74, 6) is 0.882. The van der Waals surface area contributed by atoms with Gasteiger partial charge in [-0.05, 0) is 25.0 Å². The van der Waals surface area contributed by atoms with Crippen LogP contribution in [0.5, 0.6) is 0 Å². The number of benzene rings is 1. The molecular weight excluding hydrogens is 430 g/mol. The molecule has 1 aromatic heterocycles. The fourth-order valence-electron chi connectivity index (χ4n) is 3.39. The number of ether oxygens (including phenoxy) is 2. The number of aromatic nitrogens is 2.